The Hall–Kier alpha value is -1.05. The first-order valence-corrected chi connectivity index (χ1v) is 3.12. The summed E-state index contributed by atoms with van der Waals surface area (Å²) in [6, 6.07) is 0. The topological polar surface area (TPSA) is 26.3 Å². The van der Waals surface area contributed by atoms with Crippen molar-refractivity contribution < 1.29 is 9.53 Å². The largest absolute Gasteiger partial charge is 0.434 e. The van der Waals surface area contributed by atoms with Gasteiger partial charge in [0.1, 0.15) is 5.76 Å². The summed E-state index contributed by atoms with van der Waals surface area (Å²) in [4.78, 5) is 9.82. The van der Waals surface area contributed by atoms with Gasteiger partial charge < -0.3 is 4.74 Å². The summed E-state index contributed by atoms with van der Waals surface area (Å²) in [7, 11) is 0. The minimum atomic E-state index is 0.169. The molecule has 56 valence electrons. The normalized spacial score (nSPS) is 11.7. The molecule has 0 aromatic heterocycles. The van der Waals surface area contributed by atoms with E-state index in [1.165, 1.54) is 0 Å². The number of carbonyl (C=O) groups is 1. The highest BCUT2D eigenvalue weighted by molar-refractivity contribution is 5.39. The molecule has 2 nitrogen and oxygen atoms in total. The van der Waals surface area contributed by atoms with Crippen molar-refractivity contribution >= 4 is 6.47 Å². The van der Waals surface area contributed by atoms with Gasteiger partial charge in [0.15, 0.2) is 0 Å². The predicted octanol–water partition coefficient (Wildman–Crippen LogP) is 1.89. The molecule has 0 rings (SSSR count). The second kappa shape index (κ2) is 4.79. The summed E-state index contributed by atoms with van der Waals surface area (Å²) in [6.45, 7) is 9.43. The van der Waals surface area contributed by atoms with E-state index in [2.05, 4.69) is 17.9 Å². The Morgan fingerprint density at radius 2 is 2.40 bits per heavy atom. The fourth-order valence-electron chi connectivity index (χ4n) is 0.559. The molecule has 1 atom stereocenters. The summed E-state index contributed by atoms with van der Waals surface area (Å²) in [5.41, 5.74) is 0. The quantitative estimate of drug-likeness (QED) is 0.331. The van der Waals surface area contributed by atoms with Gasteiger partial charge >= 0.3 is 0 Å². The molecule has 0 aliphatic rings. The van der Waals surface area contributed by atoms with Crippen LogP contribution in [0.1, 0.15) is 13.3 Å². The first-order valence-electron chi connectivity index (χ1n) is 3.12. The highest BCUT2D eigenvalue weighted by atomic mass is 16.5. The lowest BCUT2D eigenvalue weighted by Gasteiger charge is -2.08. The molecular formula is C8H12O2. The number of ether oxygens (including phenoxy) is 1. The first-order chi connectivity index (χ1) is 4.72. The average Bonchev–Trinajstić information content (AvgIpc) is 1.89. The van der Waals surface area contributed by atoms with Gasteiger partial charge in [-0.05, 0) is 6.42 Å². The van der Waals surface area contributed by atoms with Crippen molar-refractivity contribution in [2.24, 2.45) is 5.92 Å². The molecule has 0 aliphatic carbocycles. The van der Waals surface area contributed by atoms with Crippen LogP contribution in [-0.4, -0.2) is 6.47 Å². The molecule has 0 saturated carbocycles. The van der Waals surface area contributed by atoms with Crippen LogP contribution in [0.5, 0.6) is 0 Å². The summed E-state index contributed by atoms with van der Waals surface area (Å²) in [5, 5.41) is 0. The fraction of sp³-hybridized carbons (Fsp3) is 0.375. The van der Waals surface area contributed by atoms with Crippen molar-refractivity contribution in [3.63, 3.8) is 0 Å². The van der Waals surface area contributed by atoms with Gasteiger partial charge in [-0.15, -0.1) is 6.58 Å². The molecular weight excluding hydrogens is 128 g/mol. The zero-order valence-electron chi connectivity index (χ0n) is 6.17. The van der Waals surface area contributed by atoms with E-state index in [9.17, 15) is 4.79 Å². The van der Waals surface area contributed by atoms with Gasteiger partial charge in [-0.25, -0.2) is 0 Å². The van der Waals surface area contributed by atoms with Crippen LogP contribution in [0.4, 0.5) is 0 Å². The highest BCUT2D eigenvalue weighted by Crippen LogP contribution is 2.12. The van der Waals surface area contributed by atoms with Crippen molar-refractivity contribution in [3.05, 3.63) is 25.0 Å². The summed E-state index contributed by atoms with van der Waals surface area (Å²) in [6.07, 6.45) is 2.55. The number of carbonyl (C=O) groups excluding carboxylic acids is 1. The predicted molar refractivity (Wildman–Crippen MR) is 40.3 cm³/mol. The van der Waals surface area contributed by atoms with E-state index in [1.807, 2.05) is 6.92 Å². The maximum Gasteiger partial charge on any atom is 0.298 e. The summed E-state index contributed by atoms with van der Waals surface area (Å²) < 4.78 is 4.53. The Bertz CT molecular complexity index is 138. The van der Waals surface area contributed by atoms with Gasteiger partial charge in [0, 0.05) is 5.92 Å². The van der Waals surface area contributed by atoms with E-state index < -0.39 is 0 Å². The first kappa shape index (κ1) is 8.95. The van der Waals surface area contributed by atoms with Gasteiger partial charge in [0.05, 0.1) is 0 Å². The van der Waals surface area contributed by atoms with Crippen molar-refractivity contribution in [3.8, 4) is 0 Å². The third-order valence-corrected chi connectivity index (χ3v) is 1.27. The number of rotatable bonds is 5. The van der Waals surface area contributed by atoms with Gasteiger partial charge in [-0.2, -0.15) is 0 Å². The molecule has 0 amide bonds. The second-order valence-electron chi connectivity index (χ2n) is 2.11. The highest BCUT2D eigenvalue weighted by Gasteiger charge is 2.04. The van der Waals surface area contributed by atoms with Crippen molar-refractivity contribution in [2.75, 3.05) is 0 Å². The van der Waals surface area contributed by atoms with E-state index in [1.54, 1.807) is 6.08 Å². The van der Waals surface area contributed by atoms with Crippen molar-refractivity contribution in [1.82, 2.24) is 0 Å². The molecule has 0 bridgehead atoms. The van der Waals surface area contributed by atoms with Gasteiger partial charge in [0.2, 0.25) is 0 Å². The Morgan fingerprint density at radius 3 is 2.80 bits per heavy atom. The van der Waals surface area contributed by atoms with Crippen LogP contribution in [0.2, 0.25) is 0 Å². The lowest BCUT2D eigenvalue weighted by Crippen LogP contribution is -1.99. The lowest BCUT2D eigenvalue weighted by atomic mass is 10.1. The van der Waals surface area contributed by atoms with Crippen LogP contribution < -0.4 is 0 Å². The monoisotopic (exact) mass is 140 g/mol. The Morgan fingerprint density at radius 1 is 1.80 bits per heavy atom. The Balaban J connectivity index is 3.68. The zero-order chi connectivity index (χ0) is 7.98. The number of allylic oxidation sites excluding steroid dienone is 2. The van der Waals surface area contributed by atoms with Crippen LogP contribution in [-0.2, 0) is 9.53 Å². The van der Waals surface area contributed by atoms with E-state index in [4.69, 9.17) is 0 Å². The van der Waals surface area contributed by atoms with Crippen LogP contribution in [0.25, 0.3) is 0 Å². The molecule has 0 fully saturated rings. The van der Waals surface area contributed by atoms with Gasteiger partial charge in [-0.1, -0.05) is 19.6 Å². The Kier molecular flexibility index (Phi) is 4.29. The SMILES string of the molecule is C=CC[C@@H](C)C(=C)OC=O. The molecule has 0 N–H and O–H groups in total. The van der Waals surface area contributed by atoms with Crippen LogP contribution in [0.3, 0.4) is 0 Å². The van der Waals surface area contributed by atoms with Crippen LogP contribution in [0, 0.1) is 5.92 Å². The molecule has 0 aliphatic heterocycles. The lowest BCUT2D eigenvalue weighted by molar-refractivity contribution is -0.125. The molecule has 10 heavy (non-hydrogen) atoms. The van der Waals surface area contributed by atoms with Crippen molar-refractivity contribution in [2.45, 2.75) is 13.3 Å². The zero-order valence-corrected chi connectivity index (χ0v) is 6.17. The minimum absolute atomic E-state index is 0.169. The molecule has 0 unspecified atom stereocenters. The maximum absolute atomic E-state index is 9.82. The van der Waals surface area contributed by atoms with Crippen LogP contribution >= 0.6 is 0 Å². The van der Waals surface area contributed by atoms with E-state index >= 15 is 0 Å². The molecule has 0 saturated heterocycles. The summed E-state index contributed by atoms with van der Waals surface area (Å²) in [5.74, 6) is 0.664. The standard InChI is InChI=1S/C8H12O2/c1-4-5-7(2)8(3)10-6-9/h4,6-7H,1,3,5H2,2H3/t7-/m1/s1. The van der Waals surface area contributed by atoms with E-state index in [0.717, 1.165) is 6.42 Å². The third kappa shape index (κ3) is 3.07. The van der Waals surface area contributed by atoms with Crippen molar-refractivity contribution in [1.29, 1.82) is 0 Å². The molecule has 0 heterocycles. The maximum atomic E-state index is 9.82. The summed E-state index contributed by atoms with van der Waals surface area (Å²) >= 11 is 0. The fourth-order valence-corrected chi connectivity index (χ4v) is 0.559. The average molecular weight is 140 g/mol. The van der Waals surface area contributed by atoms with E-state index in [0.29, 0.717) is 12.2 Å². The van der Waals surface area contributed by atoms with Gasteiger partial charge in [0.25, 0.3) is 6.47 Å². The van der Waals surface area contributed by atoms with E-state index in [-0.39, 0.29) is 5.92 Å². The van der Waals surface area contributed by atoms with Crippen LogP contribution in [0.15, 0.2) is 25.0 Å². The van der Waals surface area contributed by atoms with Gasteiger partial charge in [-0.3, -0.25) is 4.79 Å². The number of hydrogen-bond acceptors (Lipinski definition) is 2. The molecule has 2 heteroatoms. The molecule has 0 radical (unpaired) electrons. The Labute approximate surface area is 61.2 Å². The number of hydrogen-bond donors (Lipinski definition) is 0. The minimum Gasteiger partial charge on any atom is -0.434 e. The molecule has 0 aromatic carbocycles. The molecule has 0 spiro atoms. The second-order valence-corrected chi connectivity index (χ2v) is 2.11. The molecule has 0 aromatic rings. The smallest absolute Gasteiger partial charge is 0.298 e. The third-order valence-electron chi connectivity index (χ3n) is 1.27.